The molecule has 0 aliphatic carbocycles. The van der Waals surface area contributed by atoms with Crippen molar-refractivity contribution in [2.45, 2.75) is 33.2 Å². The maximum Gasteiger partial charge on any atom is 0.226 e. The minimum Gasteiger partial charge on any atom is -0.352 e. The number of benzene rings is 2. The van der Waals surface area contributed by atoms with Gasteiger partial charge in [0.2, 0.25) is 11.8 Å². The van der Waals surface area contributed by atoms with E-state index in [1.54, 1.807) is 12.1 Å². The van der Waals surface area contributed by atoms with Crippen molar-refractivity contribution in [2.75, 3.05) is 5.32 Å². The fourth-order valence-corrected chi connectivity index (χ4v) is 2.19. The van der Waals surface area contributed by atoms with Crippen LogP contribution < -0.4 is 10.6 Å². The Balaban J connectivity index is 1.75. The smallest absolute Gasteiger partial charge is 0.226 e. The van der Waals surface area contributed by atoms with Crippen molar-refractivity contribution in [3.05, 3.63) is 65.5 Å². The molecule has 5 heteroatoms. The molecule has 0 aromatic heterocycles. The van der Waals surface area contributed by atoms with Gasteiger partial charge in [0, 0.05) is 24.6 Å². The molecule has 2 aromatic rings. The van der Waals surface area contributed by atoms with Gasteiger partial charge in [0.25, 0.3) is 0 Å². The Bertz CT molecular complexity index is 709. The molecule has 2 amide bonds. The minimum atomic E-state index is -0.277. The monoisotopic (exact) mass is 342 g/mol. The van der Waals surface area contributed by atoms with E-state index < -0.39 is 0 Å². The lowest BCUT2D eigenvalue weighted by molar-refractivity contribution is -0.121. The van der Waals surface area contributed by atoms with Gasteiger partial charge in [-0.05, 0) is 41.8 Å². The third kappa shape index (κ3) is 6.37. The van der Waals surface area contributed by atoms with Crippen molar-refractivity contribution >= 4 is 17.5 Å². The zero-order valence-electron chi connectivity index (χ0n) is 14.5. The zero-order chi connectivity index (χ0) is 18.2. The molecule has 2 aromatic carbocycles. The maximum absolute atomic E-state index is 12.8. The third-order valence-corrected chi connectivity index (χ3v) is 3.79. The van der Waals surface area contributed by atoms with Crippen LogP contribution in [0.2, 0.25) is 0 Å². The average molecular weight is 342 g/mol. The number of aryl methyl sites for hydroxylation is 1. The van der Waals surface area contributed by atoms with E-state index in [-0.39, 0.29) is 23.5 Å². The van der Waals surface area contributed by atoms with Crippen LogP contribution in [-0.4, -0.2) is 11.8 Å². The van der Waals surface area contributed by atoms with Gasteiger partial charge in [0.1, 0.15) is 5.82 Å². The molecule has 0 unspecified atom stereocenters. The summed E-state index contributed by atoms with van der Waals surface area (Å²) in [5.74, 6) is -0.426. The first-order chi connectivity index (χ1) is 11.9. The zero-order valence-corrected chi connectivity index (χ0v) is 14.5. The SMILES string of the molecule is CC(C)C(=O)Nc1ccc(CNC(=O)CCc2ccc(F)cc2)cc1. The number of nitrogens with one attached hydrogen (secondary N) is 2. The summed E-state index contributed by atoms with van der Waals surface area (Å²) >= 11 is 0. The lowest BCUT2D eigenvalue weighted by Crippen LogP contribution is -2.23. The number of rotatable bonds is 7. The number of amides is 2. The Morgan fingerprint density at radius 2 is 1.56 bits per heavy atom. The summed E-state index contributed by atoms with van der Waals surface area (Å²) in [5.41, 5.74) is 2.63. The van der Waals surface area contributed by atoms with E-state index in [4.69, 9.17) is 0 Å². The van der Waals surface area contributed by atoms with Crippen LogP contribution >= 0.6 is 0 Å². The van der Waals surface area contributed by atoms with Crippen LogP contribution in [0, 0.1) is 11.7 Å². The molecule has 0 bridgehead atoms. The Morgan fingerprint density at radius 1 is 0.960 bits per heavy atom. The molecule has 0 saturated carbocycles. The second-order valence-electron chi connectivity index (χ2n) is 6.24. The highest BCUT2D eigenvalue weighted by Crippen LogP contribution is 2.11. The lowest BCUT2D eigenvalue weighted by atomic mass is 10.1. The van der Waals surface area contributed by atoms with Crippen LogP contribution in [0.5, 0.6) is 0 Å². The van der Waals surface area contributed by atoms with E-state index in [1.807, 2.05) is 38.1 Å². The van der Waals surface area contributed by atoms with Crippen molar-refractivity contribution in [1.29, 1.82) is 0 Å². The summed E-state index contributed by atoms with van der Waals surface area (Å²) in [6.07, 6.45) is 0.931. The molecule has 2 rings (SSSR count). The van der Waals surface area contributed by atoms with E-state index in [2.05, 4.69) is 10.6 Å². The van der Waals surface area contributed by atoms with Crippen LogP contribution in [0.3, 0.4) is 0 Å². The van der Waals surface area contributed by atoms with Gasteiger partial charge in [-0.25, -0.2) is 4.39 Å². The molecule has 0 aliphatic rings. The molecule has 0 atom stereocenters. The van der Waals surface area contributed by atoms with Crippen molar-refractivity contribution in [3.8, 4) is 0 Å². The van der Waals surface area contributed by atoms with Crippen LogP contribution in [0.4, 0.5) is 10.1 Å². The van der Waals surface area contributed by atoms with Gasteiger partial charge in [-0.2, -0.15) is 0 Å². The molecule has 0 heterocycles. The fourth-order valence-electron chi connectivity index (χ4n) is 2.19. The molecule has 4 nitrogen and oxygen atoms in total. The number of hydrogen-bond acceptors (Lipinski definition) is 2. The van der Waals surface area contributed by atoms with Gasteiger partial charge >= 0.3 is 0 Å². The molecule has 25 heavy (non-hydrogen) atoms. The third-order valence-electron chi connectivity index (χ3n) is 3.79. The first-order valence-electron chi connectivity index (χ1n) is 8.35. The van der Waals surface area contributed by atoms with E-state index in [9.17, 15) is 14.0 Å². The molecular weight excluding hydrogens is 319 g/mol. The van der Waals surface area contributed by atoms with Crippen molar-refractivity contribution in [3.63, 3.8) is 0 Å². The molecule has 0 spiro atoms. The summed E-state index contributed by atoms with van der Waals surface area (Å²) < 4.78 is 12.8. The van der Waals surface area contributed by atoms with Crippen molar-refractivity contribution in [2.24, 2.45) is 5.92 Å². The number of anilines is 1. The van der Waals surface area contributed by atoms with Gasteiger partial charge in [-0.15, -0.1) is 0 Å². The van der Waals surface area contributed by atoms with Crippen molar-refractivity contribution in [1.82, 2.24) is 5.32 Å². The Hall–Kier alpha value is -2.69. The standard InChI is InChI=1S/C20H23FN2O2/c1-14(2)20(25)23-18-10-5-16(6-11-18)13-22-19(24)12-7-15-3-8-17(21)9-4-15/h3-6,8-11,14H,7,12-13H2,1-2H3,(H,22,24)(H,23,25). The number of carbonyl (C=O) groups is 2. The highest BCUT2D eigenvalue weighted by atomic mass is 19.1. The number of carbonyl (C=O) groups excluding carboxylic acids is 2. The molecular formula is C20H23FN2O2. The van der Waals surface area contributed by atoms with Crippen LogP contribution in [0.25, 0.3) is 0 Å². The first-order valence-corrected chi connectivity index (χ1v) is 8.35. The topological polar surface area (TPSA) is 58.2 Å². The van der Waals surface area contributed by atoms with Gasteiger partial charge in [-0.1, -0.05) is 38.1 Å². The highest BCUT2D eigenvalue weighted by molar-refractivity contribution is 5.92. The molecule has 0 aliphatic heterocycles. The first kappa shape index (κ1) is 18.6. The van der Waals surface area contributed by atoms with E-state index in [0.717, 1.165) is 16.8 Å². The van der Waals surface area contributed by atoms with Gasteiger partial charge in [0.15, 0.2) is 0 Å². The highest BCUT2D eigenvalue weighted by Gasteiger charge is 2.07. The molecule has 0 saturated heterocycles. The Morgan fingerprint density at radius 3 is 2.16 bits per heavy atom. The van der Waals surface area contributed by atoms with E-state index >= 15 is 0 Å². The molecule has 0 radical (unpaired) electrons. The Kier molecular flexibility index (Phi) is 6.69. The fraction of sp³-hybridized carbons (Fsp3) is 0.300. The minimum absolute atomic E-state index is 0.0261. The quantitative estimate of drug-likeness (QED) is 0.806. The summed E-state index contributed by atoms with van der Waals surface area (Å²) in [7, 11) is 0. The van der Waals surface area contributed by atoms with Crippen LogP contribution in [0.1, 0.15) is 31.4 Å². The molecule has 0 fully saturated rings. The second kappa shape index (κ2) is 8.97. The van der Waals surface area contributed by atoms with Crippen LogP contribution in [-0.2, 0) is 22.6 Å². The number of halogens is 1. The largest absolute Gasteiger partial charge is 0.352 e. The summed E-state index contributed by atoms with van der Waals surface area (Å²) in [6, 6.07) is 13.5. The average Bonchev–Trinajstić information content (AvgIpc) is 2.60. The van der Waals surface area contributed by atoms with E-state index in [1.165, 1.54) is 12.1 Å². The molecule has 2 N–H and O–H groups in total. The molecule has 132 valence electrons. The predicted octanol–water partition coefficient (Wildman–Crippen LogP) is 3.67. The predicted molar refractivity (Wildman–Crippen MR) is 96.5 cm³/mol. The second-order valence-corrected chi connectivity index (χ2v) is 6.24. The van der Waals surface area contributed by atoms with Gasteiger partial charge < -0.3 is 10.6 Å². The lowest BCUT2D eigenvalue weighted by Gasteiger charge is -2.09. The Labute approximate surface area is 147 Å². The van der Waals surface area contributed by atoms with E-state index in [0.29, 0.717) is 19.4 Å². The normalized spacial score (nSPS) is 10.6. The summed E-state index contributed by atoms with van der Waals surface area (Å²) in [5, 5.41) is 5.68. The van der Waals surface area contributed by atoms with Gasteiger partial charge in [-0.3, -0.25) is 9.59 Å². The maximum atomic E-state index is 12.8. The summed E-state index contributed by atoms with van der Waals surface area (Å²) in [6.45, 7) is 4.11. The van der Waals surface area contributed by atoms with Crippen LogP contribution in [0.15, 0.2) is 48.5 Å². The number of hydrogen-bond donors (Lipinski definition) is 2. The summed E-state index contributed by atoms with van der Waals surface area (Å²) in [4.78, 5) is 23.5. The van der Waals surface area contributed by atoms with Gasteiger partial charge in [0.05, 0.1) is 0 Å². The van der Waals surface area contributed by atoms with Crippen molar-refractivity contribution < 1.29 is 14.0 Å².